The van der Waals surface area contributed by atoms with Gasteiger partial charge in [-0.3, -0.25) is 9.80 Å². The summed E-state index contributed by atoms with van der Waals surface area (Å²) in [5.41, 5.74) is 1.52. The molecule has 1 aromatic heterocycles. The Hall–Kier alpha value is -0.460. The second-order valence-corrected chi connectivity index (χ2v) is 7.59. The Kier molecular flexibility index (Phi) is 6.64. The Morgan fingerprint density at radius 2 is 1.86 bits per heavy atom. The Balaban J connectivity index is 1.78. The van der Waals surface area contributed by atoms with E-state index in [2.05, 4.69) is 47.1 Å². The van der Waals surface area contributed by atoms with Crippen LogP contribution in [-0.4, -0.2) is 75.1 Å². The van der Waals surface area contributed by atoms with Crippen molar-refractivity contribution in [2.75, 3.05) is 60.4 Å². The maximum absolute atomic E-state index is 3.24. The first-order valence-corrected chi connectivity index (χ1v) is 8.72. The van der Waals surface area contributed by atoms with Crippen LogP contribution in [0.1, 0.15) is 15.3 Å². The molecule has 1 aromatic rings. The van der Waals surface area contributed by atoms with Gasteiger partial charge in [0.15, 0.2) is 0 Å². The molecule has 0 aromatic carbocycles. The molecule has 0 radical (unpaired) electrons. The van der Waals surface area contributed by atoms with E-state index < -0.39 is 0 Å². The van der Waals surface area contributed by atoms with Crippen molar-refractivity contribution in [2.45, 2.75) is 20.0 Å². The molecule has 2 heterocycles. The molecule has 4 nitrogen and oxygen atoms in total. The lowest BCUT2D eigenvalue weighted by Gasteiger charge is -2.35. The van der Waals surface area contributed by atoms with E-state index in [0.717, 1.165) is 19.6 Å². The molecule has 1 aliphatic rings. The highest BCUT2D eigenvalue weighted by Gasteiger charge is 2.18. The lowest BCUT2D eigenvalue weighted by atomic mass is 10.2. The lowest BCUT2D eigenvalue weighted by molar-refractivity contribution is 0.120. The highest BCUT2D eigenvalue weighted by molar-refractivity contribution is 7.12. The van der Waals surface area contributed by atoms with E-state index in [1.807, 2.05) is 18.4 Å². The molecule has 0 unspecified atom stereocenters. The number of rotatable bonds is 7. The van der Waals surface area contributed by atoms with Crippen molar-refractivity contribution in [3.63, 3.8) is 0 Å². The Bertz CT molecular complexity index is 422. The van der Waals surface area contributed by atoms with Crippen LogP contribution in [0.2, 0.25) is 0 Å². The lowest BCUT2D eigenvalue weighted by Crippen LogP contribution is -2.47. The standard InChI is InChI=1S/C16H30N4S/c1-14-15(11-16(21-14)12-17-2)13-20-9-7-19(8-10-20)6-5-18(3)4/h11,17H,5-10,12-13H2,1-4H3. The van der Waals surface area contributed by atoms with E-state index in [1.165, 1.54) is 48.0 Å². The van der Waals surface area contributed by atoms with Crippen molar-refractivity contribution in [3.8, 4) is 0 Å². The van der Waals surface area contributed by atoms with Crippen LogP contribution in [0, 0.1) is 6.92 Å². The van der Waals surface area contributed by atoms with Crippen LogP contribution in [0.3, 0.4) is 0 Å². The van der Waals surface area contributed by atoms with Crippen molar-refractivity contribution in [1.82, 2.24) is 20.0 Å². The summed E-state index contributed by atoms with van der Waals surface area (Å²) in [5, 5.41) is 3.24. The van der Waals surface area contributed by atoms with Crippen LogP contribution in [-0.2, 0) is 13.1 Å². The van der Waals surface area contributed by atoms with Crippen LogP contribution in [0.4, 0.5) is 0 Å². The average Bonchev–Trinajstić information content (AvgIpc) is 2.78. The van der Waals surface area contributed by atoms with E-state index in [1.54, 1.807) is 0 Å². The number of hydrogen-bond donors (Lipinski definition) is 1. The van der Waals surface area contributed by atoms with Crippen molar-refractivity contribution in [3.05, 3.63) is 21.4 Å². The summed E-state index contributed by atoms with van der Waals surface area (Å²) in [7, 11) is 6.32. The molecule has 2 rings (SSSR count). The third kappa shape index (κ3) is 5.34. The molecule has 0 bridgehead atoms. The summed E-state index contributed by atoms with van der Waals surface area (Å²) in [4.78, 5) is 10.4. The summed E-state index contributed by atoms with van der Waals surface area (Å²) in [6.07, 6.45) is 0. The molecule has 1 fully saturated rings. The number of likely N-dealkylation sites (N-methyl/N-ethyl adjacent to an activating group) is 1. The van der Waals surface area contributed by atoms with Gasteiger partial charge in [-0.15, -0.1) is 11.3 Å². The Morgan fingerprint density at radius 3 is 2.48 bits per heavy atom. The van der Waals surface area contributed by atoms with Gasteiger partial charge in [0.25, 0.3) is 0 Å². The van der Waals surface area contributed by atoms with Gasteiger partial charge in [0.1, 0.15) is 0 Å². The first kappa shape index (κ1) is 16.9. The number of nitrogens with zero attached hydrogens (tertiary/aromatic N) is 3. The molecule has 21 heavy (non-hydrogen) atoms. The zero-order valence-corrected chi connectivity index (χ0v) is 14.8. The minimum atomic E-state index is 0.990. The third-order valence-electron chi connectivity index (χ3n) is 4.14. The molecule has 0 aliphatic carbocycles. The largest absolute Gasteiger partial charge is 0.315 e. The molecular weight excluding hydrogens is 280 g/mol. The predicted molar refractivity (Wildman–Crippen MR) is 92.1 cm³/mol. The summed E-state index contributed by atoms with van der Waals surface area (Å²) >= 11 is 1.93. The molecule has 0 atom stereocenters. The Morgan fingerprint density at radius 1 is 1.19 bits per heavy atom. The maximum Gasteiger partial charge on any atom is 0.0296 e. The fourth-order valence-corrected chi connectivity index (χ4v) is 3.82. The zero-order valence-electron chi connectivity index (χ0n) is 14.0. The quantitative estimate of drug-likeness (QED) is 0.823. The summed E-state index contributed by atoms with van der Waals surface area (Å²) in [5.74, 6) is 0. The first-order chi connectivity index (χ1) is 10.1. The number of aryl methyl sites for hydroxylation is 1. The molecule has 120 valence electrons. The second-order valence-electron chi connectivity index (χ2n) is 6.25. The fraction of sp³-hybridized carbons (Fsp3) is 0.750. The number of hydrogen-bond acceptors (Lipinski definition) is 5. The van der Waals surface area contributed by atoms with Crippen molar-refractivity contribution in [1.29, 1.82) is 0 Å². The van der Waals surface area contributed by atoms with Gasteiger partial charge in [-0.25, -0.2) is 0 Å². The van der Waals surface area contributed by atoms with Crippen LogP contribution in [0.15, 0.2) is 6.07 Å². The van der Waals surface area contributed by atoms with Crippen molar-refractivity contribution in [2.24, 2.45) is 0 Å². The van der Waals surface area contributed by atoms with E-state index in [0.29, 0.717) is 0 Å². The highest BCUT2D eigenvalue weighted by Crippen LogP contribution is 2.23. The summed E-state index contributed by atoms with van der Waals surface area (Å²) in [6, 6.07) is 2.38. The highest BCUT2D eigenvalue weighted by atomic mass is 32.1. The smallest absolute Gasteiger partial charge is 0.0296 e. The van der Waals surface area contributed by atoms with E-state index in [4.69, 9.17) is 0 Å². The topological polar surface area (TPSA) is 21.8 Å². The molecule has 1 N–H and O–H groups in total. The minimum absolute atomic E-state index is 0.990. The van der Waals surface area contributed by atoms with Crippen LogP contribution < -0.4 is 5.32 Å². The van der Waals surface area contributed by atoms with Crippen LogP contribution in [0.25, 0.3) is 0 Å². The fourth-order valence-electron chi connectivity index (χ4n) is 2.76. The van der Waals surface area contributed by atoms with Gasteiger partial charge in [-0.05, 0) is 39.7 Å². The average molecular weight is 311 g/mol. The molecule has 1 saturated heterocycles. The number of piperazine rings is 1. The van der Waals surface area contributed by atoms with Gasteiger partial charge in [-0.2, -0.15) is 0 Å². The molecule has 0 spiro atoms. The summed E-state index contributed by atoms with van der Waals surface area (Å²) in [6.45, 7) is 11.5. The van der Waals surface area contributed by atoms with Gasteiger partial charge in [0.2, 0.25) is 0 Å². The molecule has 0 amide bonds. The normalized spacial score (nSPS) is 17.8. The van der Waals surface area contributed by atoms with Crippen LogP contribution >= 0.6 is 11.3 Å². The second kappa shape index (κ2) is 8.25. The van der Waals surface area contributed by atoms with Crippen molar-refractivity contribution < 1.29 is 0 Å². The van der Waals surface area contributed by atoms with Crippen LogP contribution in [0.5, 0.6) is 0 Å². The van der Waals surface area contributed by atoms with E-state index in [-0.39, 0.29) is 0 Å². The molecule has 0 saturated carbocycles. The zero-order chi connectivity index (χ0) is 15.2. The monoisotopic (exact) mass is 310 g/mol. The van der Waals surface area contributed by atoms with E-state index in [9.17, 15) is 0 Å². The van der Waals surface area contributed by atoms with Gasteiger partial charge in [0.05, 0.1) is 0 Å². The Labute approximate surface area is 133 Å². The minimum Gasteiger partial charge on any atom is -0.315 e. The van der Waals surface area contributed by atoms with Crippen molar-refractivity contribution >= 4 is 11.3 Å². The van der Waals surface area contributed by atoms with Gasteiger partial charge in [-0.1, -0.05) is 0 Å². The van der Waals surface area contributed by atoms with Gasteiger partial charge in [0, 0.05) is 62.1 Å². The molecule has 5 heteroatoms. The van der Waals surface area contributed by atoms with E-state index >= 15 is 0 Å². The summed E-state index contributed by atoms with van der Waals surface area (Å²) < 4.78 is 0. The number of nitrogens with one attached hydrogen (secondary N) is 1. The molecular formula is C16H30N4S. The third-order valence-corrected chi connectivity index (χ3v) is 5.24. The molecule has 1 aliphatic heterocycles. The predicted octanol–water partition coefficient (Wildman–Crippen LogP) is 1.46. The number of thiophene rings is 1. The van der Waals surface area contributed by atoms with Gasteiger partial charge < -0.3 is 10.2 Å². The maximum atomic E-state index is 3.24. The SMILES string of the molecule is CNCc1cc(CN2CCN(CCN(C)C)CC2)c(C)s1. The first-order valence-electron chi connectivity index (χ1n) is 7.90. The van der Waals surface area contributed by atoms with Gasteiger partial charge >= 0.3 is 0 Å².